The highest BCUT2D eigenvalue weighted by Crippen LogP contribution is 2.25. The first-order valence-electron chi connectivity index (χ1n) is 9.21. The molecule has 1 N–H and O–H groups in total. The van der Waals surface area contributed by atoms with Gasteiger partial charge in [-0.2, -0.15) is 0 Å². The number of nitrogens with zero attached hydrogens (tertiary/aromatic N) is 2. The molecule has 2 heterocycles. The summed E-state index contributed by atoms with van der Waals surface area (Å²) in [4.78, 5) is 22.6. The van der Waals surface area contributed by atoms with Gasteiger partial charge in [0.15, 0.2) is 0 Å². The fourth-order valence-corrected chi connectivity index (χ4v) is 3.27. The molecule has 1 amide bonds. The first-order chi connectivity index (χ1) is 13.7. The molecule has 0 aliphatic rings. The van der Waals surface area contributed by atoms with Crippen molar-refractivity contribution in [3.8, 4) is 0 Å². The van der Waals surface area contributed by atoms with E-state index in [1.165, 1.54) is 0 Å². The van der Waals surface area contributed by atoms with Crippen LogP contribution in [-0.4, -0.2) is 27.8 Å². The van der Waals surface area contributed by atoms with Gasteiger partial charge in [-0.1, -0.05) is 60.7 Å². The van der Waals surface area contributed by atoms with Gasteiger partial charge in [-0.15, -0.1) is 0 Å². The number of nitrogens with one attached hydrogen (secondary N) is 1. The van der Waals surface area contributed by atoms with E-state index in [-0.39, 0.29) is 5.91 Å². The Kier molecular flexibility index (Phi) is 5.02. The Labute approximate surface area is 164 Å². The first-order valence-corrected chi connectivity index (χ1v) is 9.21. The molecule has 0 unspecified atom stereocenters. The van der Waals surface area contributed by atoms with Crippen LogP contribution in [-0.2, 0) is 11.3 Å². The summed E-state index contributed by atoms with van der Waals surface area (Å²) in [6.07, 6.45) is 5.59. The van der Waals surface area contributed by atoms with Gasteiger partial charge in [0.25, 0.3) is 5.91 Å². The topological polar surface area (TPSA) is 49.0 Å². The van der Waals surface area contributed by atoms with Crippen molar-refractivity contribution in [2.45, 2.75) is 6.54 Å². The molecule has 4 heteroatoms. The van der Waals surface area contributed by atoms with Crippen LogP contribution >= 0.6 is 0 Å². The van der Waals surface area contributed by atoms with Gasteiger partial charge in [0.05, 0.1) is 0 Å². The number of carbonyl (C=O) groups is 1. The average molecular weight is 367 g/mol. The van der Waals surface area contributed by atoms with Gasteiger partial charge < -0.3 is 9.88 Å². The Morgan fingerprint density at radius 1 is 1.00 bits per heavy atom. The van der Waals surface area contributed by atoms with Gasteiger partial charge in [0, 0.05) is 42.5 Å². The second kappa shape index (κ2) is 7.92. The molecule has 0 aliphatic carbocycles. The van der Waals surface area contributed by atoms with E-state index in [0.29, 0.717) is 12.1 Å². The van der Waals surface area contributed by atoms with Crippen LogP contribution < -0.4 is 0 Å². The van der Waals surface area contributed by atoms with Gasteiger partial charge in [-0.25, -0.2) is 4.98 Å². The lowest BCUT2D eigenvalue weighted by atomic mass is 10.0. The second-order valence-electron chi connectivity index (χ2n) is 6.71. The Morgan fingerprint density at radius 3 is 2.46 bits per heavy atom. The number of fused-ring (bicyclic) bond motifs is 1. The Balaban J connectivity index is 1.73. The van der Waals surface area contributed by atoms with Crippen molar-refractivity contribution in [1.82, 2.24) is 14.9 Å². The first kappa shape index (κ1) is 17.7. The third-order valence-corrected chi connectivity index (χ3v) is 4.71. The standard InChI is InChI=1S/C24H21N3O/c1-27(17-18-9-4-2-5-10-18)24(28)22(19-11-6-3-7-12-19)15-20-16-26-23-21(20)13-8-14-25-23/h2-16H,17H2,1H3,(H,25,26). The predicted molar refractivity (Wildman–Crippen MR) is 113 cm³/mol. The maximum atomic E-state index is 13.3. The number of H-pyrrole nitrogens is 1. The van der Waals surface area contributed by atoms with E-state index in [1.54, 1.807) is 11.1 Å². The van der Waals surface area contributed by atoms with Crippen molar-refractivity contribution < 1.29 is 4.79 Å². The average Bonchev–Trinajstić information content (AvgIpc) is 3.16. The van der Waals surface area contributed by atoms with Crippen LogP contribution in [0.25, 0.3) is 22.7 Å². The van der Waals surface area contributed by atoms with E-state index in [0.717, 1.165) is 27.7 Å². The van der Waals surface area contributed by atoms with Crippen LogP contribution in [0.4, 0.5) is 0 Å². The summed E-state index contributed by atoms with van der Waals surface area (Å²) in [6, 6.07) is 23.7. The zero-order valence-corrected chi connectivity index (χ0v) is 15.7. The number of carbonyl (C=O) groups excluding carboxylic acids is 1. The van der Waals surface area contributed by atoms with Gasteiger partial charge >= 0.3 is 0 Å². The van der Waals surface area contributed by atoms with Gasteiger partial charge in [-0.05, 0) is 29.3 Å². The van der Waals surface area contributed by atoms with Crippen LogP contribution in [0.2, 0.25) is 0 Å². The van der Waals surface area contributed by atoms with E-state index in [4.69, 9.17) is 0 Å². The fraction of sp³-hybridized carbons (Fsp3) is 0.0833. The maximum absolute atomic E-state index is 13.3. The third kappa shape index (κ3) is 3.71. The number of benzene rings is 2. The lowest BCUT2D eigenvalue weighted by molar-refractivity contribution is -0.124. The molecule has 4 aromatic rings. The van der Waals surface area contributed by atoms with E-state index in [9.17, 15) is 4.79 Å². The highest BCUT2D eigenvalue weighted by atomic mass is 16.2. The molecule has 0 saturated heterocycles. The Morgan fingerprint density at radius 2 is 1.71 bits per heavy atom. The molecule has 28 heavy (non-hydrogen) atoms. The third-order valence-electron chi connectivity index (χ3n) is 4.71. The quantitative estimate of drug-likeness (QED) is 0.517. The van der Waals surface area contributed by atoms with Crippen LogP contribution in [0, 0.1) is 0 Å². The van der Waals surface area contributed by atoms with Gasteiger partial charge in [0.1, 0.15) is 5.65 Å². The summed E-state index contributed by atoms with van der Waals surface area (Å²) in [6.45, 7) is 0.555. The smallest absolute Gasteiger partial charge is 0.254 e. The van der Waals surface area contributed by atoms with E-state index >= 15 is 0 Å². The molecular formula is C24H21N3O. The molecular weight excluding hydrogens is 346 g/mol. The highest BCUT2D eigenvalue weighted by Gasteiger charge is 2.18. The van der Waals surface area contributed by atoms with Crippen molar-refractivity contribution >= 4 is 28.6 Å². The zero-order valence-electron chi connectivity index (χ0n) is 15.7. The van der Waals surface area contributed by atoms with Crippen LogP contribution in [0.15, 0.2) is 85.2 Å². The SMILES string of the molecule is CN(Cc1ccccc1)C(=O)C(=Cc1c[nH]c2ncccc12)c1ccccc1. The number of amides is 1. The Bertz CT molecular complexity index is 1110. The molecule has 0 bridgehead atoms. The summed E-state index contributed by atoms with van der Waals surface area (Å²) in [5.41, 5.74) is 4.41. The van der Waals surface area contributed by atoms with E-state index < -0.39 is 0 Å². The van der Waals surface area contributed by atoms with Crippen molar-refractivity contribution in [3.63, 3.8) is 0 Å². The van der Waals surface area contributed by atoms with Crippen molar-refractivity contribution in [2.24, 2.45) is 0 Å². The van der Waals surface area contributed by atoms with Gasteiger partial charge in [0.2, 0.25) is 0 Å². The van der Waals surface area contributed by atoms with Crippen LogP contribution in [0.5, 0.6) is 0 Å². The van der Waals surface area contributed by atoms with Crippen molar-refractivity contribution in [2.75, 3.05) is 7.05 Å². The minimum absolute atomic E-state index is 0.0201. The highest BCUT2D eigenvalue weighted by molar-refractivity contribution is 6.24. The molecule has 0 saturated carbocycles. The molecule has 4 rings (SSSR count). The minimum atomic E-state index is -0.0201. The van der Waals surface area contributed by atoms with Crippen molar-refractivity contribution in [3.05, 3.63) is 102 Å². The molecule has 138 valence electrons. The molecule has 2 aromatic heterocycles. The lowest BCUT2D eigenvalue weighted by Crippen LogP contribution is -2.27. The molecule has 0 radical (unpaired) electrons. The fourth-order valence-electron chi connectivity index (χ4n) is 3.27. The summed E-state index contributed by atoms with van der Waals surface area (Å²) >= 11 is 0. The summed E-state index contributed by atoms with van der Waals surface area (Å²) in [7, 11) is 1.84. The molecule has 0 aliphatic heterocycles. The molecule has 0 atom stereocenters. The number of aromatic nitrogens is 2. The molecule has 0 fully saturated rings. The van der Waals surface area contributed by atoms with E-state index in [1.807, 2.05) is 92.1 Å². The largest absolute Gasteiger partial charge is 0.346 e. The van der Waals surface area contributed by atoms with E-state index in [2.05, 4.69) is 9.97 Å². The minimum Gasteiger partial charge on any atom is -0.346 e. The number of hydrogen-bond donors (Lipinski definition) is 1. The zero-order chi connectivity index (χ0) is 19.3. The number of pyridine rings is 1. The molecule has 2 aromatic carbocycles. The summed E-state index contributed by atoms with van der Waals surface area (Å²) in [5.74, 6) is -0.0201. The normalized spacial score (nSPS) is 11.5. The predicted octanol–water partition coefficient (Wildman–Crippen LogP) is 4.76. The summed E-state index contributed by atoms with van der Waals surface area (Å²) < 4.78 is 0. The summed E-state index contributed by atoms with van der Waals surface area (Å²) in [5, 5.41) is 0.995. The number of likely N-dealkylation sites (N-methyl/N-ethyl adjacent to an activating group) is 1. The number of hydrogen-bond acceptors (Lipinski definition) is 2. The Hall–Kier alpha value is -3.66. The monoisotopic (exact) mass is 367 g/mol. The second-order valence-corrected chi connectivity index (χ2v) is 6.71. The van der Waals surface area contributed by atoms with Crippen LogP contribution in [0.1, 0.15) is 16.7 Å². The molecule has 4 nitrogen and oxygen atoms in total. The number of aromatic amines is 1. The lowest BCUT2D eigenvalue weighted by Gasteiger charge is -2.19. The maximum Gasteiger partial charge on any atom is 0.254 e. The molecule has 0 spiro atoms. The van der Waals surface area contributed by atoms with Crippen LogP contribution in [0.3, 0.4) is 0 Å². The van der Waals surface area contributed by atoms with Crippen molar-refractivity contribution in [1.29, 1.82) is 0 Å². The number of rotatable bonds is 5. The van der Waals surface area contributed by atoms with Gasteiger partial charge in [-0.3, -0.25) is 4.79 Å².